The van der Waals surface area contributed by atoms with Gasteiger partial charge in [-0.25, -0.2) is 14.5 Å². The lowest BCUT2D eigenvalue weighted by atomic mass is 10.9. The molecular formula is C4H12O15S2. The Balaban J connectivity index is -0.0000000970. The second-order valence-corrected chi connectivity index (χ2v) is 3.80. The summed E-state index contributed by atoms with van der Waals surface area (Å²) in [5, 5.41) is 27.9. The molecule has 15 nitrogen and oxygen atoms in total. The van der Waals surface area contributed by atoms with Crippen LogP contribution in [0.5, 0.6) is 0 Å². The van der Waals surface area contributed by atoms with Crippen molar-refractivity contribution < 1.29 is 69.7 Å². The lowest BCUT2D eigenvalue weighted by molar-refractivity contribution is -0.203. The van der Waals surface area contributed by atoms with E-state index in [4.69, 9.17) is 52.1 Å². The highest BCUT2D eigenvalue weighted by Crippen LogP contribution is 1.85. The Bertz CT molecular complexity index is 430. The normalized spacial score (nSPS) is 9.52. The van der Waals surface area contributed by atoms with Gasteiger partial charge in [-0.15, -0.1) is 0 Å². The van der Waals surface area contributed by atoms with Gasteiger partial charge in [0.2, 0.25) is 0 Å². The predicted octanol–water partition coefficient (Wildman–Crippen LogP) is -0.451. The summed E-state index contributed by atoms with van der Waals surface area (Å²) in [6.07, 6.45) is -3.67. The van der Waals surface area contributed by atoms with E-state index in [1.54, 1.807) is 0 Å². The summed E-state index contributed by atoms with van der Waals surface area (Å²) >= 11 is 0. The molecule has 0 amide bonds. The molecule has 0 saturated heterocycles. The van der Waals surface area contributed by atoms with Gasteiger partial charge < -0.3 is 20.4 Å². The summed E-state index contributed by atoms with van der Waals surface area (Å²) < 4.78 is 62.0. The maximum atomic E-state index is 9.60. The van der Waals surface area contributed by atoms with Crippen molar-refractivity contribution in [2.45, 2.75) is 6.92 Å². The third-order valence-electron chi connectivity index (χ3n) is 0.252. The second-order valence-electron chi connectivity index (χ2n) is 1.92. The molecule has 0 radical (unpaired) electrons. The van der Waals surface area contributed by atoms with E-state index in [9.17, 15) is 8.42 Å². The molecule has 0 saturated carbocycles. The third-order valence-corrected chi connectivity index (χ3v) is 0.520. The maximum Gasteiger partial charge on any atom is 0.503 e. The fraction of sp³-hybridized carbons (Fsp3) is 0.500. The lowest BCUT2D eigenvalue weighted by Crippen LogP contribution is -2.03. The summed E-state index contributed by atoms with van der Waals surface area (Å²) in [5.74, 6) is 0. The highest BCUT2D eigenvalue weighted by molar-refractivity contribution is 7.80. The Kier molecular flexibility index (Phi) is 19.2. The Morgan fingerprint density at radius 2 is 1.05 bits per heavy atom. The van der Waals surface area contributed by atoms with Gasteiger partial charge in [0.1, 0.15) is 0 Å². The fourth-order valence-corrected chi connectivity index (χ4v) is 0.327. The van der Waals surface area contributed by atoms with E-state index in [0.717, 1.165) is 0 Å². The van der Waals surface area contributed by atoms with Crippen molar-refractivity contribution in [3.63, 3.8) is 0 Å². The van der Waals surface area contributed by atoms with Crippen molar-refractivity contribution in [3.8, 4) is 0 Å². The molecular weight excluding hydrogens is 352 g/mol. The van der Waals surface area contributed by atoms with Gasteiger partial charge >= 0.3 is 33.1 Å². The highest BCUT2D eigenvalue weighted by atomic mass is 32.3. The average Bonchev–Trinajstić information content (AvgIpc) is 2.08. The Morgan fingerprint density at radius 1 is 0.857 bits per heavy atom. The minimum absolute atomic E-state index is 0.0692. The first-order valence-electron chi connectivity index (χ1n) is 3.85. The molecule has 0 bridgehead atoms. The molecule has 0 aliphatic rings. The SMILES string of the molecule is CCOOS(=O)(=O)O.O=C(O)O.O=C(O)O.O=S(=O)(O)O. The van der Waals surface area contributed by atoms with E-state index >= 15 is 0 Å². The average molecular weight is 364 g/mol. The van der Waals surface area contributed by atoms with Crippen LogP contribution in [0.4, 0.5) is 9.59 Å². The summed E-state index contributed by atoms with van der Waals surface area (Å²) in [6.45, 7) is 1.59. The maximum absolute atomic E-state index is 9.60. The van der Waals surface area contributed by atoms with Crippen molar-refractivity contribution in [2.75, 3.05) is 6.61 Å². The van der Waals surface area contributed by atoms with Crippen LogP contribution in [-0.4, -0.2) is 69.8 Å². The van der Waals surface area contributed by atoms with Crippen molar-refractivity contribution in [2.24, 2.45) is 0 Å². The van der Waals surface area contributed by atoms with Gasteiger partial charge in [0.25, 0.3) is 0 Å². The second kappa shape index (κ2) is 14.6. The van der Waals surface area contributed by atoms with Crippen LogP contribution in [0.1, 0.15) is 6.92 Å². The predicted molar refractivity (Wildman–Crippen MR) is 59.7 cm³/mol. The third kappa shape index (κ3) is 458. The molecule has 0 rings (SSSR count). The number of carbonyl (C=O) groups is 2. The largest absolute Gasteiger partial charge is 0.503 e. The number of hydrogen-bond donors (Lipinski definition) is 7. The molecule has 0 fully saturated rings. The van der Waals surface area contributed by atoms with Crippen molar-refractivity contribution in [3.05, 3.63) is 0 Å². The molecule has 7 N–H and O–H groups in total. The van der Waals surface area contributed by atoms with Gasteiger partial charge in [0.15, 0.2) is 0 Å². The number of carboxylic acid groups (broad SMARTS) is 4. The standard InChI is InChI=1S/C2H6O5S.2CH2O3.H2O4S/c1-2-6-7-8(3,4)5;2*2-1(3)4;1-5(2,3)4/h2H2,1H3,(H,3,4,5);2*(H2,2,3,4);(H2,1,2,3,4). The molecule has 0 aliphatic heterocycles. The molecule has 0 unspecified atom stereocenters. The minimum atomic E-state index is -4.67. The first-order chi connectivity index (χ1) is 9.02. The Morgan fingerprint density at radius 3 is 1.10 bits per heavy atom. The topological polar surface area (TPSA) is 262 Å². The van der Waals surface area contributed by atoms with Gasteiger partial charge in [-0.3, -0.25) is 13.7 Å². The lowest BCUT2D eigenvalue weighted by Gasteiger charge is -1.92. The van der Waals surface area contributed by atoms with Gasteiger partial charge in [0, 0.05) is 0 Å². The molecule has 0 heterocycles. The van der Waals surface area contributed by atoms with Crippen molar-refractivity contribution in [1.29, 1.82) is 0 Å². The zero-order chi connectivity index (χ0) is 18.3. The summed E-state index contributed by atoms with van der Waals surface area (Å²) in [7, 11) is -9.08. The van der Waals surface area contributed by atoms with E-state index in [0.29, 0.717) is 0 Å². The molecule has 0 aliphatic carbocycles. The van der Waals surface area contributed by atoms with E-state index in [-0.39, 0.29) is 6.61 Å². The van der Waals surface area contributed by atoms with Gasteiger partial charge in [0.05, 0.1) is 6.61 Å². The molecule has 0 spiro atoms. The zero-order valence-electron chi connectivity index (χ0n) is 9.92. The van der Waals surface area contributed by atoms with Crippen LogP contribution < -0.4 is 0 Å². The van der Waals surface area contributed by atoms with Crippen LogP contribution in [0.25, 0.3) is 0 Å². The van der Waals surface area contributed by atoms with Crippen LogP contribution >= 0.6 is 0 Å². The molecule has 130 valence electrons. The molecule has 0 aromatic carbocycles. The molecule has 17 heteroatoms. The zero-order valence-corrected chi connectivity index (χ0v) is 11.6. The smallest absolute Gasteiger partial charge is 0.450 e. The van der Waals surface area contributed by atoms with E-state index in [2.05, 4.69) is 9.22 Å². The van der Waals surface area contributed by atoms with Crippen molar-refractivity contribution in [1.82, 2.24) is 0 Å². The minimum Gasteiger partial charge on any atom is -0.450 e. The van der Waals surface area contributed by atoms with Gasteiger partial charge in [-0.05, 0) is 6.92 Å². The molecule has 0 aromatic heterocycles. The van der Waals surface area contributed by atoms with Gasteiger partial charge in [-0.2, -0.15) is 16.8 Å². The summed E-state index contributed by atoms with van der Waals surface area (Å²) in [4.78, 5) is 21.0. The van der Waals surface area contributed by atoms with E-state index in [1.165, 1.54) is 6.92 Å². The molecule has 0 aromatic rings. The summed E-state index contributed by atoms with van der Waals surface area (Å²) in [6, 6.07) is 0. The first kappa shape index (κ1) is 27.6. The van der Waals surface area contributed by atoms with E-state index in [1.807, 2.05) is 0 Å². The Hall–Kier alpha value is -1.76. The first-order valence-corrected chi connectivity index (χ1v) is 6.61. The number of hydrogen-bond acceptors (Lipinski definition) is 8. The van der Waals surface area contributed by atoms with Crippen molar-refractivity contribution >= 4 is 33.1 Å². The molecule has 21 heavy (non-hydrogen) atoms. The molecule has 0 atom stereocenters. The van der Waals surface area contributed by atoms with Gasteiger partial charge in [-0.1, -0.05) is 4.33 Å². The van der Waals surface area contributed by atoms with E-state index < -0.39 is 33.1 Å². The van der Waals surface area contributed by atoms with Crippen LogP contribution in [-0.2, 0) is 30.0 Å². The monoisotopic (exact) mass is 364 g/mol. The van der Waals surface area contributed by atoms with Crippen LogP contribution in [0.15, 0.2) is 0 Å². The quantitative estimate of drug-likeness (QED) is 0.190. The van der Waals surface area contributed by atoms with Crippen LogP contribution in [0, 0.1) is 0 Å². The Labute approximate surface area is 117 Å². The summed E-state index contributed by atoms with van der Waals surface area (Å²) in [5.41, 5.74) is 0. The van der Waals surface area contributed by atoms with Crippen LogP contribution in [0.2, 0.25) is 0 Å². The highest BCUT2D eigenvalue weighted by Gasteiger charge is 2.02. The van der Waals surface area contributed by atoms with Crippen LogP contribution in [0.3, 0.4) is 0 Å². The fourth-order valence-electron chi connectivity index (χ4n) is 0.109. The number of rotatable bonds is 3.